The predicted molar refractivity (Wildman–Crippen MR) is 66.8 cm³/mol. The van der Waals surface area contributed by atoms with E-state index in [2.05, 4.69) is 55.3 Å². The van der Waals surface area contributed by atoms with Crippen molar-refractivity contribution in [3.05, 3.63) is 37.9 Å². The van der Waals surface area contributed by atoms with E-state index in [1.54, 1.807) is 12.4 Å². The van der Waals surface area contributed by atoms with Crippen LogP contribution in [-0.2, 0) is 0 Å². The lowest BCUT2D eigenvalue weighted by Gasteiger charge is -2.03. The lowest BCUT2D eigenvalue weighted by molar-refractivity contribution is 0.821. The summed E-state index contributed by atoms with van der Waals surface area (Å²) in [5.41, 5.74) is 0. The van der Waals surface area contributed by atoms with Crippen LogP contribution in [0.15, 0.2) is 30.6 Å². The van der Waals surface area contributed by atoms with Crippen molar-refractivity contribution in [3.63, 3.8) is 0 Å². The van der Waals surface area contributed by atoms with Gasteiger partial charge in [0.25, 0.3) is 0 Å². The predicted octanol–water partition coefficient (Wildman–Crippen LogP) is 2.48. The monoisotopic (exact) mass is 397 g/mol. The average Bonchev–Trinajstić information content (AvgIpc) is 2.52. The van der Waals surface area contributed by atoms with Crippen LogP contribution in [-0.4, -0.2) is 14.8 Å². The van der Waals surface area contributed by atoms with E-state index in [9.17, 15) is 0 Å². The maximum atomic E-state index is 4.27. The first-order valence-electron chi connectivity index (χ1n) is 3.59. The molecule has 0 aliphatic rings. The molecule has 0 spiro atoms. The molecule has 66 valence electrons. The highest BCUT2D eigenvalue weighted by Crippen LogP contribution is 2.15. The molecule has 0 amide bonds. The zero-order valence-corrected chi connectivity index (χ0v) is 10.8. The van der Waals surface area contributed by atoms with Crippen LogP contribution in [0.2, 0.25) is 0 Å². The number of hydrogen-bond donors (Lipinski definition) is 0. The van der Waals surface area contributed by atoms with Gasteiger partial charge in [0.2, 0.25) is 0 Å². The minimum absolute atomic E-state index is 0.887. The summed E-state index contributed by atoms with van der Waals surface area (Å²) in [5, 5.41) is 4.19. The molecule has 0 radical (unpaired) electrons. The molecule has 0 saturated carbocycles. The molecule has 0 aromatic carbocycles. The molecule has 5 heteroatoms. The van der Waals surface area contributed by atoms with Gasteiger partial charge in [0.1, 0.15) is 3.70 Å². The SMILES string of the molecule is Ic1cccnc1-n1nccc1I. The number of aromatic nitrogens is 3. The molecule has 0 saturated heterocycles. The van der Waals surface area contributed by atoms with Gasteiger partial charge >= 0.3 is 0 Å². The van der Waals surface area contributed by atoms with Crippen LogP contribution in [0.5, 0.6) is 0 Å². The number of halogens is 2. The Morgan fingerprint density at radius 2 is 2.00 bits per heavy atom. The molecule has 3 nitrogen and oxygen atoms in total. The van der Waals surface area contributed by atoms with Gasteiger partial charge < -0.3 is 0 Å². The van der Waals surface area contributed by atoms with Gasteiger partial charge in [0, 0.05) is 6.20 Å². The van der Waals surface area contributed by atoms with Crippen molar-refractivity contribution in [2.45, 2.75) is 0 Å². The maximum absolute atomic E-state index is 4.27. The van der Waals surface area contributed by atoms with E-state index in [-0.39, 0.29) is 0 Å². The summed E-state index contributed by atoms with van der Waals surface area (Å²) in [7, 11) is 0. The van der Waals surface area contributed by atoms with E-state index in [1.165, 1.54) is 0 Å². The van der Waals surface area contributed by atoms with Gasteiger partial charge in [-0.1, -0.05) is 0 Å². The first-order valence-corrected chi connectivity index (χ1v) is 5.75. The summed E-state index contributed by atoms with van der Waals surface area (Å²) < 4.78 is 3.98. The van der Waals surface area contributed by atoms with Crippen molar-refractivity contribution < 1.29 is 0 Å². The lowest BCUT2D eigenvalue weighted by atomic mass is 10.5. The Bertz CT molecular complexity index is 425. The summed E-state index contributed by atoms with van der Waals surface area (Å²) >= 11 is 4.48. The van der Waals surface area contributed by atoms with Gasteiger partial charge in [-0.2, -0.15) is 5.10 Å². The molecule has 0 atom stereocenters. The Morgan fingerprint density at radius 3 is 2.62 bits per heavy atom. The quantitative estimate of drug-likeness (QED) is 0.693. The summed E-state index contributed by atoms with van der Waals surface area (Å²) in [4.78, 5) is 4.27. The highest BCUT2D eigenvalue weighted by Gasteiger charge is 2.05. The fourth-order valence-corrected chi connectivity index (χ4v) is 2.07. The fourth-order valence-electron chi connectivity index (χ4n) is 0.976. The van der Waals surface area contributed by atoms with E-state index < -0.39 is 0 Å². The molecule has 2 heterocycles. The van der Waals surface area contributed by atoms with E-state index in [0.717, 1.165) is 13.1 Å². The van der Waals surface area contributed by atoms with Crippen LogP contribution in [0.1, 0.15) is 0 Å². The first kappa shape index (κ1) is 9.38. The van der Waals surface area contributed by atoms with Crippen molar-refractivity contribution in [1.29, 1.82) is 0 Å². The summed E-state index contributed by atoms with van der Waals surface area (Å²) in [5.74, 6) is 0.887. The van der Waals surface area contributed by atoms with Crippen LogP contribution >= 0.6 is 45.2 Å². The number of nitrogens with zero attached hydrogens (tertiary/aromatic N) is 3. The Balaban J connectivity index is 2.59. The third-order valence-corrected chi connectivity index (χ3v) is 3.19. The van der Waals surface area contributed by atoms with E-state index in [1.807, 2.05) is 22.9 Å². The van der Waals surface area contributed by atoms with Crippen molar-refractivity contribution in [2.24, 2.45) is 0 Å². The number of rotatable bonds is 1. The largest absolute Gasteiger partial charge is 0.236 e. The normalized spacial score (nSPS) is 10.3. The molecule has 0 fully saturated rings. The molecule has 0 N–H and O–H groups in total. The lowest BCUT2D eigenvalue weighted by Crippen LogP contribution is -2.03. The molecule has 2 aromatic heterocycles. The summed E-state index contributed by atoms with van der Waals surface area (Å²) in [6, 6.07) is 5.88. The third kappa shape index (κ3) is 1.85. The molecule has 2 rings (SSSR count). The van der Waals surface area contributed by atoms with Gasteiger partial charge in [0.05, 0.1) is 9.77 Å². The second-order valence-corrected chi connectivity index (χ2v) is 4.64. The standard InChI is InChI=1S/C8H5I2N3/c9-6-2-1-4-11-8(6)13-7(10)3-5-12-13/h1-5H. The Hall–Kier alpha value is -0.180. The molecular weight excluding hydrogens is 392 g/mol. The Labute approximate surface area is 103 Å². The zero-order valence-electron chi connectivity index (χ0n) is 6.48. The zero-order chi connectivity index (χ0) is 9.26. The molecule has 0 aliphatic carbocycles. The fraction of sp³-hybridized carbons (Fsp3) is 0. The molecular formula is C8H5I2N3. The van der Waals surface area contributed by atoms with Crippen molar-refractivity contribution in [3.8, 4) is 5.82 Å². The second-order valence-electron chi connectivity index (χ2n) is 2.37. The average molecular weight is 397 g/mol. The number of pyridine rings is 1. The molecule has 0 aliphatic heterocycles. The van der Waals surface area contributed by atoms with E-state index in [4.69, 9.17) is 0 Å². The van der Waals surface area contributed by atoms with Crippen LogP contribution in [0.25, 0.3) is 5.82 Å². The second kappa shape index (κ2) is 3.91. The number of hydrogen-bond acceptors (Lipinski definition) is 2. The van der Waals surface area contributed by atoms with E-state index >= 15 is 0 Å². The maximum Gasteiger partial charge on any atom is 0.167 e. The molecule has 2 aromatic rings. The van der Waals surface area contributed by atoms with Crippen LogP contribution in [0.3, 0.4) is 0 Å². The van der Waals surface area contributed by atoms with Gasteiger partial charge in [-0.05, 0) is 63.4 Å². The topological polar surface area (TPSA) is 30.7 Å². The van der Waals surface area contributed by atoms with Crippen LogP contribution in [0, 0.1) is 7.27 Å². The van der Waals surface area contributed by atoms with Gasteiger partial charge in [0.15, 0.2) is 5.82 Å². The molecule has 0 bridgehead atoms. The highest BCUT2D eigenvalue weighted by molar-refractivity contribution is 14.1. The van der Waals surface area contributed by atoms with Gasteiger partial charge in [-0.25, -0.2) is 9.67 Å². The highest BCUT2D eigenvalue weighted by atomic mass is 127. The molecule has 13 heavy (non-hydrogen) atoms. The third-order valence-electron chi connectivity index (χ3n) is 1.54. The first-order chi connectivity index (χ1) is 6.29. The van der Waals surface area contributed by atoms with Crippen LogP contribution in [0.4, 0.5) is 0 Å². The summed E-state index contributed by atoms with van der Waals surface area (Å²) in [6.07, 6.45) is 3.54. The van der Waals surface area contributed by atoms with E-state index in [0.29, 0.717) is 0 Å². The van der Waals surface area contributed by atoms with Crippen molar-refractivity contribution >= 4 is 45.2 Å². The minimum Gasteiger partial charge on any atom is -0.236 e. The smallest absolute Gasteiger partial charge is 0.167 e. The Kier molecular flexibility index (Phi) is 2.82. The summed E-state index contributed by atoms with van der Waals surface area (Å²) in [6.45, 7) is 0. The van der Waals surface area contributed by atoms with Gasteiger partial charge in [-0.15, -0.1) is 0 Å². The Morgan fingerprint density at radius 1 is 1.15 bits per heavy atom. The van der Waals surface area contributed by atoms with Crippen molar-refractivity contribution in [2.75, 3.05) is 0 Å². The minimum atomic E-state index is 0.887. The van der Waals surface area contributed by atoms with Crippen molar-refractivity contribution in [1.82, 2.24) is 14.8 Å². The van der Waals surface area contributed by atoms with Gasteiger partial charge in [-0.3, -0.25) is 0 Å². The van der Waals surface area contributed by atoms with Crippen LogP contribution < -0.4 is 0 Å². The molecule has 0 unspecified atom stereocenters.